The molecule has 0 bridgehead atoms. The Morgan fingerprint density at radius 2 is 2.00 bits per heavy atom. The number of benzene rings is 1. The van der Waals surface area contributed by atoms with E-state index in [-0.39, 0.29) is 5.78 Å². The Morgan fingerprint density at radius 3 is 2.71 bits per heavy atom. The van der Waals surface area contributed by atoms with Gasteiger partial charge >= 0.3 is 0 Å². The van der Waals surface area contributed by atoms with E-state index in [0.29, 0.717) is 6.54 Å². The molecule has 3 rings (SSSR count). The van der Waals surface area contributed by atoms with Crippen LogP contribution in [0.4, 0.5) is 0 Å². The lowest BCUT2D eigenvalue weighted by Crippen LogP contribution is -2.20. The Kier molecular flexibility index (Phi) is 3.60. The zero-order valence-corrected chi connectivity index (χ0v) is 12.4. The maximum Gasteiger partial charge on any atom is 0.208 e. The molecule has 0 spiro atoms. The number of carbonyl (C=O) groups is 1. The highest BCUT2D eigenvalue weighted by atomic mass is 16.1. The van der Waals surface area contributed by atoms with Crippen molar-refractivity contribution in [2.45, 2.75) is 19.4 Å². The van der Waals surface area contributed by atoms with Crippen molar-refractivity contribution in [3.05, 3.63) is 65.1 Å². The minimum atomic E-state index is 0.110. The topological polar surface area (TPSA) is 38.1 Å². The van der Waals surface area contributed by atoms with Gasteiger partial charge in [-0.1, -0.05) is 30.3 Å². The van der Waals surface area contributed by atoms with Crippen molar-refractivity contribution in [2.75, 3.05) is 14.1 Å². The molecule has 2 aromatic rings. The Balaban J connectivity index is 1.94. The Hall–Kier alpha value is -2.36. The first-order chi connectivity index (χ1) is 10.1. The molecule has 0 saturated carbocycles. The number of hydrogen-bond acceptors (Lipinski definition) is 3. The van der Waals surface area contributed by atoms with Crippen molar-refractivity contribution >= 4 is 5.78 Å². The second-order valence-electron chi connectivity index (χ2n) is 5.61. The summed E-state index contributed by atoms with van der Waals surface area (Å²) in [5, 5.41) is 4.41. The second-order valence-corrected chi connectivity index (χ2v) is 5.61. The van der Waals surface area contributed by atoms with Crippen LogP contribution in [0.5, 0.6) is 0 Å². The summed E-state index contributed by atoms with van der Waals surface area (Å²) in [6.45, 7) is 0.636. The molecule has 0 fully saturated rings. The van der Waals surface area contributed by atoms with E-state index in [2.05, 4.69) is 17.2 Å². The highest BCUT2D eigenvalue weighted by Gasteiger charge is 2.26. The third-order valence-electron chi connectivity index (χ3n) is 3.67. The number of nitrogens with zero attached hydrogens (tertiary/aromatic N) is 3. The van der Waals surface area contributed by atoms with Crippen LogP contribution < -0.4 is 0 Å². The molecule has 1 aromatic carbocycles. The van der Waals surface area contributed by atoms with Crippen molar-refractivity contribution in [1.82, 2.24) is 14.7 Å². The summed E-state index contributed by atoms with van der Waals surface area (Å²) < 4.78 is 1.83. The Morgan fingerprint density at radius 1 is 1.24 bits per heavy atom. The molecule has 0 radical (unpaired) electrons. The first-order valence-electron chi connectivity index (χ1n) is 7.15. The zero-order valence-electron chi connectivity index (χ0n) is 12.4. The molecule has 1 heterocycles. The van der Waals surface area contributed by atoms with Crippen molar-refractivity contribution < 1.29 is 4.79 Å². The number of allylic oxidation sites excluding steroid dienone is 1. The average molecular weight is 281 g/mol. The maximum atomic E-state index is 12.7. The third kappa shape index (κ3) is 2.75. The van der Waals surface area contributed by atoms with Crippen LogP contribution in [0.2, 0.25) is 0 Å². The molecule has 0 aliphatic heterocycles. The van der Waals surface area contributed by atoms with E-state index >= 15 is 0 Å². The second kappa shape index (κ2) is 5.56. The molecular weight excluding hydrogens is 262 g/mol. The van der Waals surface area contributed by atoms with Gasteiger partial charge in [0.2, 0.25) is 5.78 Å². The predicted octanol–water partition coefficient (Wildman–Crippen LogP) is 2.51. The van der Waals surface area contributed by atoms with Gasteiger partial charge in [0.05, 0.1) is 12.7 Å². The summed E-state index contributed by atoms with van der Waals surface area (Å²) >= 11 is 0. The number of Topliss-reactive ketones (excluding diaryl/α,β-unsaturated/α-hetero) is 1. The first-order valence-corrected chi connectivity index (χ1v) is 7.15. The lowest BCUT2D eigenvalue weighted by molar-refractivity contribution is 0.101. The summed E-state index contributed by atoms with van der Waals surface area (Å²) in [4.78, 5) is 14.6. The summed E-state index contributed by atoms with van der Waals surface area (Å²) in [5.74, 6) is 0.110. The van der Waals surface area contributed by atoms with Gasteiger partial charge in [-0.3, -0.25) is 9.48 Å². The largest absolute Gasteiger partial charge is 0.383 e. The highest BCUT2D eigenvalue weighted by molar-refractivity contribution is 6.09. The molecule has 0 amide bonds. The van der Waals surface area contributed by atoms with E-state index in [1.165, 1.54) is 0 Å². The van der Waals surface area contributed by atoms with E-state index in [1.807, 2.05) is 54.3 Å². The van der Waals surface area contributed by atoms with E-state index < -0.39 is 0 Å². The number of aryl methyl sites for hydroxylation is 1. The van der Waals surface area contributed by atoms with Crippen molar-refractivity contribution in [3.8, 4) is 0 Å². The monoisotopic (exact) mass is 281 g/mol. The number of carbonyl (C=O) groups excluding carboxylic acids is 1. The van der Waals surface area contributed by atoms with Crippen LogP contribution in [-0.2, 0) is 13.0 Å². The van der Waals surface area contributed by atoms with Crippen LogP contribution in [0, 0.1) is 0 Å². The maximum absolute atomic E-state index is 12.7. The molecule has 1 aliphatic carbocycles. The number of hydrogen-bond donors (Lipinski definition) is 0. The average Bonchev–Trinajstić information content (AvgIpc) is 2.86. The number of ketones is 1. The zero-order chi connectivity index (χ0) is 14.8. The fourth-order valence-corrected chi connectivity index (χ4v) is 2.72. The Labute approximate surface area is 124 Å². The van der Waals surface area contributed by atoms with Gasteiger partial charge in [0.25, 0.3) is 0 Å². The van der Waals surface area contributed by atoms with Gasteiger partial charge in [0, 0.05) is 31.4 Å². The normalized spacial score (nSPS) is 16.1. The van der Waals surface area contributed by atoms with Crippen LogP contribution in [0.25, 0.3) is 0 Å². The molecule has 1 aromatic heterocycles. The van der Waals surface area contributed by atoms with Crippen molar-refractivity contribution in [2.24, 2.45) is 0 Å². The van der Waals surface area contributed by atoms with Crippen LogP contribution >= 0.6 is 0 Å². The van der Waals surface area contributed by atoms with E-state index in [9.17, 15) is 4.79 Å². The fourth-order valence-electron chi connectivity index (χ4n) is 2.72. The first kappa shape index (κ1) is 13.6. The summed E-state index contributed by atoms with van der Waals surface area (Å²) in [7, 11) is 3.88. The van der Waals surface area contributed by atoms with Gasteiger partial charge < -0.3 is 4.90 Å². The molecule has 0 unspecified atom stereocenters. The van der Waals surface area contributed by atoms with Gasteiger partial charge in [0.15, 0.2) is 0 Å². The standard InChI is InChI=1S/C17H19N3O/c1-19(2)12-15-9-8-14-10-18-20(16(14)17(15)21)11-13-6-4-3-5-7-13/h3-7,10,12H,8-9,11H2,1-2H3. The third-order valence-corrected chi connectivity index (χ3v) is 3.67. The number of aromatic nitrogens is 2. The van der Waals surface area contributed by atoms with Gasteiger partial charge in [-0.15, -0.1) is 0 Å². The lowest BCUT2D eigenvalue weighted by Gasteiger charge is -2.18. The molecular formula is C17H19N3O. The van der Waals surface area contributed by atoms with Gasteiger partial charge in [-0.25, -0.2) is 0 Å². The van der Waals surface area contributed by atoms with Gasteiger partial charge in [-0.2, -0.15) is 5.10 Å². The molecule has 1 aliphatic rings. The minimum Gasteiger partial charge on any atom is -0.383 e. The van der Waals surface area contributed by atoms with E-state index in [0.717, 1.165) is 35.2 Å². The van der Waals surface area contributed by atoms with Crippen LogP contribution in [-0.4, -0.2) is 34.6 Å². The molecule has 4 nitrogen and oxygen atoms in total. The van der Waals surface area contributed by atoms with Gasteiger partial charge in [-0.05, 0) is 18.4 Å². The summed E-state index contributed by atoms with van der Waals surface area (Å²) in [5.41, 5.74) is 3.83. The number of rotatable bonds is 3. The van der Waals surface area contributed by atoms with Gasteiger partial charge in [0.1, 0.15) is 5.69 Å². The molecule has 21 heavy (non-hydrogen) atoms. The van der Waals surface area contributed by atoms with E-state index in [4.69, 9.17) is 0 Å². The van der Waals surface area contributed by atoms with Crippen LogP contribution in [0.1, 0.15) is 28.0 Å². The Bertz CT molecular complexity index is 683. The van der Waals surface area contributed by atoms with Crippen LogP contribution in [0.3, 0.4) is 0 Å². The number of fused-ring (bicyclic) bond motifs is 1. The van der Waals surface area contributed by atoms with Crippen LogP contribution in [0.15, 0.2) is 48.3 Å². The molecule has 0 saturated heterocycles. The smallest absolute Gasteiger partial charge is 0.208 e. The lowest BCUT2D eigenvalue weighted by atomic mass is 9.92. The SMILES string of the molecule is CN(C)C=C1CCc2cnn(Cc3ccccc3)c2C1=O. The summed E-state index contributed by atoms with van der Waals surface area (Å²) in [6, 6.07) is 10.1. The predicted molar refractivity (Wildman–Crippen MR) is 82.2 cm³/mol. The summed E-state index contributed by atoms with van der Waals surface area (Å²) in [6.07, 6.45) is 5.43. The molecule has 0 atom stereocenters. The fraction of sp³-hybridized carbons (Fsp3) is 0.294. The molecule has 108 valence electrons. The minimum absolute atomic E-state index is 0.110. The highest BCUT2D eigenvalue weighted by Crippen LogP contribution is 2.25. The molecule has 0 N–H and O–H groups in total. The molecule has 4 heteroatoms. The van der Waals surface area contributed by atoms with Crippen molar-refractivity contribution in [3.63, 3.8) is 0 Å². The quantitative estimate of drug-likeness (QED) is 0.811. The van der Waals surface area contributed by atoms with E-state index in [1.54, 1.807) is 0 Å². The van der Waals surface area contributed by atoms with Crippen molar-refractivity contribution in [1.29, 1.82) is 0 Å².